The fourth-order valence-corrected chi connectivity index (χ4v) is 0.762. The van der Waals surface area contributed by atoms with Gasteiger partial charge in [-0.2, -0.15) is 0 Å². The van der Waals surface area contributed by atoms with Crippen molar-refractivity contribution in [2.24, 2.45) is 0 Å². The van der Waals surface area contributed by atoms with E-state index in [9.17, 15) is 0 Å². The molecule has 0 unspecified atom stereocenters. The van der Waals surface area contributed by atoms with Crippen LogP contribution < -0.4 is 10.6 Å². The molecule has 6 nitrogen and oxygen atoms in total. The first-order valence-electron chi connectivity index (χ1n) is 4.25. The molecule has 13 heavy (non-hydrogen) atoms. The van der Waals surface area contributed by atoms with Gasteiger partial charge in [0, 0.05) is 32.6 Å². The van der Waals surface area contributed by atoms with Gasteiger partial charge in [0.2, 0.25) is 0 Å². The maximum atomic E-state index is 8.48. The summed E-state index contributed by atoms with van der Waals surface area (Å²) >= 11 is 0. The lowest BCUT2D eigenvalue weighted by atomic mass is 10.3. The van der Waals surface area contributed by atoms with E-state index in [4.69, 9.17) is 20.4 Å². The molecule has 0 bridgehead atoms. The Hall–Kier alpha value is -0.240. The molecule has 0 aliphatic heterocycles. The minimum absolute atomic E-state index is 0.104. The Morgan fingerprint density at radius 2 is 1.38 bits per heavy atom. The number of aliphatic hydroxyl groups is 4. The minimum Gasteiger partial charge on any atom is -0.395 e. The van der Waals surface area contributed by atoms with E-state index in [2.05, 4.69) is 10.6 Å². The second-order valence-electron chi connectivity index (χ2n) is 2.75. The first-order valence-corrected chi connectivity index (χ1v) is 4.25. The van der Waals surface area contributed by atoms with Gasteiger partial charge in [0.25, 0.3) is 5.97 Å². The van der Waals surface area contributed by atoms with Crippen molar-refractivity contribution >= 4 is 0 Å². The van der Waals surface area contributed by atoms with Gasteiger partial charge in [0.05, 0.1) is 6.61 Å². The zero-order valence-electron chi connectivity index (χ0n) is 7.53. The molecule has 0 saturated heterocycles. The molecular formula is C7H18N2O4. The van der Waals surface area contributed by atoms with Crippen LogP contribution >= 0.6 is 0 Å². The van der Waals surface area contributed by atoms with Crippen LogP contribution in [0.4, 0.5) is 0 Å². The highest BCUT2D eigenvalue weighted by molar-refractivity contribution is 4.54. The lowest BCUT2D eigenvalue weighted by molar-refractivity contribution is -0.313. The quantitative estimate of drug-likeness (QED) is 0.184. The number of hydrogen-bond acceptors (Lipinski definition) is 6. The maximum Gasteiger partial charge on any atom is 0.276 e. The predicted octanol–water partition coefficient (Wildman–Crippen LogP) is -2.82. The van der Waals surface area contributed by atoms with E-state index in [1.54, 1.807) is 0 Å². The normalized spacial score (nSPS) is 12.0. The van der Waals surface area contributed by atoms with Crippen molar-refractivity contribution in [2.75, 3.05) is 32.8 Å². The highest BCUT2D eigenvalue weighted by Gasteiger charge is 2.16. The molecule has 0 spiro atoms. The lowest BCUT2D eigenvalue weighted by Gasteiger charge is -2.13. The van der Waals surface area contributed by atoms with Gasteiger partial charge in [-0.1, -0.05) is 0 Å². The Kier molecular flexibility index (Phi) is 7.06. The first kappa shape index (κ1) is 12.8. The van der Waals surface area contributed by atoms with Gasteiger partial charge in [-0.05, 0) is 0 Å². The van der Waals surface area contributed by atoms with Crippen molar-refractivity contribution in [3.63, 3.8) is 0 Å². The molecule has 0 aromatic heterocycles. The molecule has 0 saturated carbocycles. The average Bonchev–Trinajstić information content (AvgIpc) is 2.01. The summed E-state index contributed by atoms with van der Waals surface area (Å²) in [5.41, 5.74) is 0. The Morgan fingerprint density at radius 3 is 1.85 bits per heavy atom. The fraction of sp³-hybridized carbons (Fsp3) is 1.00. The standard InChI is InChI=1S/C7H18N2O4/c10-6-5-9-4-3-8-2-1-7(11,12)13/h8-13H,1-6H2. The molecule has 80 valence electrons. The van der Waals surface area contributed by atoms with Crippen LogP contribution in [0, 0.1) is 0 Å². The van der Waals surface area contributed by atoms with Crippen LogP contribution in [-0.4, -0.2) is 59.2 Å². The van der Waals surface area contributed by atoms with Gasteiger partial charge in [-0.15, -0.1) is 0 Å². The van der Waals surface area contributed by atoms with E-state index in [1.807, 2.05) is 0 Å². The topological polar surface area (TPSA) is 105 Å². The van der Waals surface area contributed by atoms with Crippen molar-refractivity contribution in [3.05, 3.63) is 0 Å². The Morgan fingerprint density at radius 1 is 0.846 bits per heavy atom. The summed E-state index contributed by atoms with van der Waals surface area (Å²) in [5, 5.41) is 39.6. The molecule has 0 rings (SSSR count). The molecule has 0 aliphatic carbocycles. The monoisotopic (exact) mass is 194 g/mol. The van der Waals surface area contributed by atoms with Crippen LogP contribution in [0.15, 0.2) is 0 Å². The highest BCUT2D eigenvalue weighted by atomic mass is 16.7. The van der Waals surface area contributed by atoms with Crippen molar-refractivity contribution < 1.29 is 20.4 Å². The van der Waals surface area contributed by atoms with Crippen LogP contribution in [0.25, 0.3) is 0 Å². The smallest absolute Gasteiger partial charge is 0.276 e. The molecule has 0 fully saturated rings. The van der Waals surface area contributed by atoms with Gasteiger partial charge < -0.3 is 31.1 Å². The van der Waals surface area contributed by atoms with Gasteiger partial charge >= 0.3 is 0 Å². The molecule has 0 aromatic carbocycles. The van der Waals surface area contributed by atoms with E-state index >= 15 is 0 Å². The van der Waals surface area contributed by atoms with E-state index in [0.29, 0.717) is 26.2 Å². The van der Waals surface area contributed by atoms with Crippen molar-refractivity contribution in [1.82, 2.24) is 10.6 Å². The predicted molar refractivity (Wildman–Crippen MR) is 46.8 cm³/mol. The van der Waals surface area contributed by atoms with Crippen LogP contribution in [0.3, 0.4) is 0 Å². The molecule has 6 heteroatoms. The van der Waals surface area contributed by atoms with E-state index in [-0.39, 0.29) is 13.0 Å². The Balaban J connectivity index is 3.00. The number of nitrogens with one attached hydrogen (secondary N) is 2. The van der Waals surface area contributed by atoms with Gasteiger partial charge in [-0.25, -0.2) is 0 Å². The molecule has 0 aliphatic rings. The third-order valence-corrected chi connectivity index (χ3v) is 1.40. The van der Waals surface area contributed by atoms with Crippen LogP contribution in [-0.2, 0) is 0 Å². The van der Waals surface area contributed by atoms with Gasteiger partial charge in [-0.3, -0.25) is 0 Å². The van der Waals surface area contributed by atoms with E-state index < -0.39 is 5.97 Å². The second-order valence-corrected chi connectivity index (χ2v) is 2.75. The van der Waals surface area contributed by atoms with Gasteiger partial charge in [0.1, 0.15) is 0 Å². The fourth-order valence-electron chi connectivity index (χ4n) is 0.762. The molecule has 0 aromatic rings. The van der Waals surface area contributed by atoms with E-state index in [0.717, 1.165) is 0 Å². The molecule has 0 amide bonds. The molecule has 0 radical (unpaired) electrons. The Bertz CT molecular complexity index is 116. The summed E-state index contributed by atoms with van der Waals surface area (Å²) < 4.78 is 0. The van der Waals surface area contributed by atoms with E-state index in [1.165, 1.54) is 0 Å². The summed E-state index contributed by atoms with van der Waals surface area (Å²) in [4.78, 5) is 0. The number of hydrogen-bond donors (Lipinski definition) is 6. The highest BCUT2D eigenvalue weighted by Crippen LogP contribution is 1.96. The molecular weight excluding hydrogens is 176 g/mol. The zero-order chi connectivity index (χ0) is 10.2. The lowest BCUT2D eigenvalue weighted by Crippen LogP contribution is -2.35. The number of aliphatic hydroxyl groups excluding tert-OH is 1. The molecule has 0 atom stereocenters. The van der Waals surface area contributed by atoms with Crippen LogP contribution in [0.1, 0.15) is 6.42 Å². The molecule has 6 N–H and O–H groups in total. The summed E-state index contributed by atoms with van der Waals surface area (Å²) in [6.45, 7) is 2.31. The van der Waals surface area contributed by atoms with Gasteiger partial charge in [0.15, 0.2) is 0 Å². The largest absolute Gasteiger partial charge is 0.395 e. The third kappa shape index (κ3) is 11.8. The third-order valence-electron chi connectivity index (χ3n) is 1.40. The van der Waals surface area contributed by atoms with Crippen molar-refractivity contribution in [1.29, 1.82) is 0 Å². The van der Waals surface area contributed by atoms with Crippen molar-refractivity contribution in [3.8, 4) is 0 Å². The number of rotatable bonds is 8. The first-order chi connectivity index (χ1) is 6.06. The van der Waals surface area contributed by atoms with Crippen LogP contribution in [0.2, 0.25) is 0 Å². The minimum atomic E-state index is -2.58. The summed E-state index contributed by atoms with van der Waals surface area (Å²) in [7, 11) is 0. The Labute approximate surface area is 77.2 Å². The summed E-state index contributed by atoms with van der Waals surface area (Å²) in [6.07, 6.45) is -0.132. The summed E-state index contributed by atoms with van der Waals surface area (Å²) in [5.74, 6) is -2.58. The summed E-state index contributed by atoms with van der Waals surface area (Å²) in [6, 6.07) is 0. The SMILES string of the molecule is OCCNCCNCCC(O)(O)O. The molecule has 0 heterocycles. The second kappa shape index (κ2) is 7.19. The van der Waals surface area contributed by atoms with Crippen molar-refractivity contribution in [2.45, 2.75) is 12.4 Å². The zero-order valence-corrected chi connectivity index (χ0v) is 7.53. The maximum absolute atomic E-state index is 8.48. The van der Waals surface area contributed by atoms with Crippen LogP contribution in [0.5, 0.6) is 0 Å². The average molecular weight is 194 g/mol.